The number of nitrogens with one attached hydrogen (secondary N) is 3. The Bertz CT molecular complexity index is 1550. The van der Waals surface area contributed by atoms with Gasteiger partial charge in [0.1, 0.15) is 10.6 Å². The normalized spacial score (nSPS) is 15.4. The summed E-state index contributed by atoms with van der Waals surface area (Å²) in [5, 5.41) is 18.3. The lowest BCUT2D eigenvalue weighted by molar-refractivity contribution is 0.1000. The van der Waals surface area contributed by atoms with Gasteiger partial charge < -0.3 is 10.2 Å². The molecule has 0 unspecified atom stereocenters. The average Bonchev–Trinajstić information content (AvgIpc) is 3.28. The van der Waals surface area contributed by atoms with E-state index in [1.165, 1.54) is 11.3 Å². The first kappa shape index (κ1) is 22.7. The number of thiazole rings is 1. The number of anilines is 3. The summed E-state index contributed by atoms with van der Waals surface area (Å²) in [6.07, 6.45) is 2.33. The SMILES string of the molecule is Cc1c(-c2cc(Nc3cc(C4CC4)[nH]n3)c(=O)[nH]n2)cccc1N1Cc2nc(C(C)(C)C)sc2C1=O. The lowest BCUT2D eigenvalue weighted by Crippen LogP contribution is -2.24. The van der Waals surface area contributed by atoms with Crippen LogP contribution in [0.2, 0.25) is 0 Å². The highest BCUT2D eigenvalue weighted by molar-refractivity contribution is 7.14. The quantitative estimate of drug-likeness (QED) is 0.354. The van der Waals surface area contributed by atoms with Gasteiger partial charge in [0.2, 0.25) is 0 Å². The average molecular weight is 502 g/mol. The lowest BCUT2D eigenvalue weighted by Gasteiger charge is -2.21. The van der Waals surface area contributed by atoms with E-state index in [2.05, 4.69) is 46.5 Å². The zero-order chi connectivity index (χ0) is 25.2. The second kappa shape index (κ2) is 8.12. The van der Waals surface area contributed by atoms with Crippen LogP contribution in [0, 0.1) is 6.92 Å². The maximum atomic E-state index is 13.3. The number of aromatic amines is 2. The van der Waals surface area contributed by atoms with Crippen LogP contribution in [0.5, 0.6) is 0 Å². The Morgan fingerprint density at radius 3 is 2.64 bits per heavy atom. The fraction of sp³-hybridized carbons (Fsp3) is 0.346. The molecule has 3 aromatic heterocycles. The number of carbonyl (C=O) groups excluding carboxylic acids is 1. The first-order chi connectivity index (χ1) is 17.2. The number of fused-ring (bicyclic) bond motifs is 1. The van der Waals surface area contributed by atoms with Gasteiger partial charge in [0.05, 0.1) is 22.9 Å². The van der Waals surface area contributed by atoms with E-state index >= 15 is 0 Å². The maximum Gasteiger partial charge on any atom is 0.287 e. The first-order valence-electron chi connectivity index (χ1n) is 12.0. The van der Waals surface area contributed by atoms with E-state index in [1.54, 1.807) is 11.0 Å². The first-order valence-corrected chi connectivity index (χ1v) is 12.8. The molecule has 10 heteroatoms. The molecule has 4 aromatic rings. The number of amides is 1. The number of nitrogens with zero attached hydrogens (tertiary/aromatic N) is 4. The molecule has 2 aliphatic rings. The Morgan fingerprint density at radius 2 is 1.92 bits per heavy atom. The van der Waals surface area contributed by atoms with Crippen molar-refractivity contribution in [3.8, 4) is 11.3 Å². The van der Waals surface area contributed by atoms with Crippen molar-refractivity contribution in [1.82, 2.24) is 25.4 Å². The van der Waals surface area contributed by atoms with Crippen molar-refractivity contribution in [2.75, 3.05) is 10.2 Å². The number of hydrogen-bond donors (Lipinski definition) is 3. The van der Waals surface area contributed by atoms with Crippen LogP contribution >= 0.6 is 11.3 Å². The summed E-state index contributed by atoms with van der Waals surface area (Å²) in [5.74, 6) is 1.11. The van der Waals surface area contributed by atoms with Crippen LogP contribution in [0.1, 0.15) is 71.2 Å². The summed E-state index contributed by atoms with van der Waals surface area (Å²) in [6, 6.07) is 9.44. The molecule has 9 nitrogen and oxygen atoms in total. The van der Waals surface area contributed by atoms with Crippen LogP contribution in [-0.4, -0.2) is 31.3 Å². The van der Waals surface area contributed by atoms with Gasteiger partial charge in [-0.3, -0.25) is 14.7 Å². The molecule has 0 saturated heterocycles. The van der Waals surface area contributed by atoms with E-state index in [1.807, 2.05) is 31.2 Å². The predicted molar refractivity (Wildman–Crippen MR) is 140 cm³/mol. The van der Waals surface area contributed by atoms with Crippen LogP contribution in [0.25, 0.3) is 11.3 Å². The number of hydrogen-bond acceptors (Lipinski definition) is 7. The fourth-order valence-corrected chi connectivity index (χ4v) is 5.54. The van der Waals surface area contributed by atoms with Gasteiger partial charge in [-0.05, 0) is 37.5 Å². The summed E-state index contributed by atoms with van der Waals surface area (Å²) in [7, 11) is 0. The molecule has 1 aliphatic heterocycles. The number of carbonyl (C=O) groups is 1. The minimum absolute atomic E-state index is 0.0277. The van der Waals surface area contributed by atoms with E-state index in [-0.39, 0.29) is 16.9 Å². The Morgan fingerprint density at radius 1 is 1.11 bits per heavy atom. The largest absolute Gasteiger partial charge is 0.334 e. The van der Waals surface area contributed by atoms with E-state index in [0.29, 0.717) is 34.5 Å². The van der Waals surface area contributed by atoms with Gasteiger partial charge in [-0.25, -0.2) is 10.1 Å². The van der Waals surface area contributed by atoms with Crippen molar-refractivity contribution >= 4 is 34.4 Å². The monoisotopic (exact) mass is 501 g/mol. The van der Waals surface area contributed by atoms with Crippen molar-refractivity contribution < 1.29 is 4.79 Å². The standard InChI is InChI=1S/C26H27N7O2S/c1-13-15(17-10-18(23(34)32-30-17)27-21-11-16(29-31-21)14-8-9-14)6-5-7-20(13)33-12-19-22(24(33)35)36-25(28-19)26(2,3)4/h5-7,10-11,14H,8-9,12H2,1-4H3,(H,32,34)(H2,27,29,30,31). The second-order valence-electron chi connectivity index (χ2n) is 10.5. The van der Waals surface area contributed by atoms with E-state index < -0.39 is 0 Å². The van der Waals surface area contributed by atoms with Gasteiger partial charge in [0, 0.05) is 34.3 Å². The van der Waals surface area contributed by atoms with Gasteiger partial charge >= 0.3 is 0 Å². The molecule has 3 N–H and O–H groups in total. The zero-order valence-corrected chi connectivity index (χ0v) is 21.4. The van der Waals surface area contributed by atoms with Crippen LogP contribution in [0.15, 0.2) is 35.1 Å². The van der Waals surface area contributed by atoms with Crippen LogP contribution in [0.3, 0.4) is 0 Å². The molecule has 0 radical (unpaired) electrons. The van der Waals surface area contributed by atoms with E-state index in [4.69, 9.17) is 4.98 Å². The third kappa shape index (κ3) is 3.91. The molecule has 1 aromatic carbocycles. The van der Waals surface area contributed by atoms with E-state index in [9.17, 15) is 9.59 Å². The molecule has 36 heavy (non-hydrogen) atoms. The minimum Gasteiger partial charge on any atom is -0.334 e. The summed E-state index contributed by atoms with van der Waals surface area (Å²) < 4.78 is 0. The third-order valence-corrected chi connectivity index (χ3v) is 8.15. The molecular formula is C26H27N7O2S. The molecular weight excluding hydrogens is 474 g/mol. The van der Waals surface area contributed by atoms with Crippen molar-refractivity contribution in [3.05, 3.63) is 67.5 Å². The maximum absolute atomic E-state index is 13.3. The third-order valence-electron chi connectivity index (χ3n) is 6.64. The van der Waals surface area contributed by atoms with Gasteiger partial charge in [0.25, 0.3) is 11.5 Å². The van der Waals surface area contributed by atoms with Gasteiger partial charge in [-0.1, -0.05) is 32.9 Å². The smallest absolute Gasteiger partial charge is 0.287 e. The predicted octanol–water partition coefficient (Wildman–Crippen LogP) is 5.00. The van der Waals surface area contributed by atoms with Gasteiger partial charge in [-0.2, -0.15) is 10.2 Å². The van der Waals surface area contributed by atoms with Gasteiger partial charge in [0.15, 0.2) is 5.82 Å². The van der Waals surface area contributed by atoms with Crippen LogP contribution in [-0.2, 0) is 12.0 Å². The molecule has 6 rings (SSSR count). The Kier molecular flexibility index (Phi) is 5.11. The topological polar surface area (TPSA) is 120 Å². The summed E-state index contributed by atoms with van der Waals surface area (Å²) in [6.45, 7) is 8.73. The van der Waals surface area contributed by atoms with Crippen molar-refractivity contribution in [1.29, 1.82) is 0 Å². The minimum atomic E-state index is -0.330. The summed E-state index contributed by atoms with van der Waals surface area (Å²) in [4.78, 5) is 33.0. The summed E-state index contributed by atoms with van der Waals surface area (Å²) in [5.41, 5.74) is 5.00. The highest BCUT2D eigenvalue weighted by atomic mass is 32.1. The number of aromatic nitrogens is 5. The van der Waals surface area contributed by atoms with Crippen LogP contribution < -0.4 is 15.8 Å². The van der Waals surface area contributed by atoms with E-state index in [0.717, 1.165) is 46.1 Å². The summed E-state index contributed by atoms with van der Waals surface area (Å²) >= 11 is 1.48. The highest BCUT2D eigenvalue weighted by Crippen LogP contribution is 2.40. The lowest BCUT2D eigenvalue weighted by atomic mass is 9.98. The second-order valence-corrected chi connectivity index (χ2v) is 11.5. The molecule has 0 bridgehead atoms. The Hall–Kier alpha value is -3.79. The molecule has 0 spiro atoms. The zero-order valence-electron chi connectivity index (χ0n) is 20.6. The fourth-order valence-electron chi connectivity index (χ4n) is 4.46. The molecule has 1 amide bonds. The number of rotatable bonds is 5. The molecule has 1 saturated carbocycles. The van der Waals surface area contributed by atoms with Crippen molar-refractivity contribution in [2.24, 2.45) is 0 Å². The molecule has 0 atom stereocenters. The molecule has 4 heterocycles. The van der Waals surface area contributed by atoms with Crippen molar-refractivity contribution in [2.45, 2.75) is 58.4 Å². The molecule has 184 valence electrons. The molecule has 1 aliphatic carbocycles. The highest BCUT2D eigenvalue weighted by Gasteiger charge is 2.35. The Balaban J connectivity index is 1.30. The number of benzene rings is 1. The molecule has 1 fully saturated rings. The van der Waals surface area contributed by atoms with Gasteiger partial charge in [-0.15, -0.1) is 11.3 Å². The van der Waals surface area contributed by atoms with Crippen molar-refractivity contribution in [3.63, 3.8) is 0 Å². The van der Waals surface area contributed by atoms with Crippen LogP contribution in [0.4, 0.5) is 17.2 Å². The number of H-pyrrole nitrogens is 2. The Labute approximate surface area is 212 Å².